The van der Waals surface area contributed by atoms with Crippen molar-refractivity contribution < 1.29 is 23.0 Å². The van der Waals surface area contributed by atoms with Crippen LogP contribution in [0.25, 0.3) is 0 Å². The first kappa shape index (κ1) is 19.9. The maximum absolute atomic E-state index is 13.2. The van der Waals surface area contributed by atoms with Crippen LogP contribution in [0.4, 0.5) is 13.6 Å². The van der Waals surface area contributed by atoms with Gasteiger partial charge in [0.15, 0.2) is 0 Å². The maximum atomic E-state index is 13.2. The fourth-order valence-corrected chi connectivity index (χ4v) is 3.05. The van der Waals surface area contributed by atoms with Crippen LogP contribution in [0.2, 0.25) is 0 Å². The van der Waals surface area contributed by atoms with Gasteiger partial charge in [-0.25, -0.2) is 4.79 Å². The largest absolute Gasteiger partial charge is 0.459 e. The minimum atomic E-state index is -3.44. The van der Waals surface area contributed by atoms with E-state index >= 15 is 0 Å². The van der Waals surface area contributed by atoms with E-state index in [1.165, 1.54) is 0 Å². The number of nitrogens with zero attached hydrogens (tertiary/aromatic N) is 1. The van der Waals surface area contributed by atoms with Gasteiger partial charge in [-0.1, -0.05) is 12.1 Å². The highest BCUT2D eigenvalue weighted by Crippen LogP contribution is 2.36. The molecule has 1 saturated heterocycles. The lowest BCUT2D eigenvalue weighted by atomic mass is 9.94. The van der Waals surface area contributed by atoms with Crippen LogP contribution in [0.15, 0.2) is 18.2 Å². The van der Waals surface area contributed by atoms with Crippen molar-refractivity contribution in [3.8, 4) is 5.75 Å². The van der Waals surface area contributed by atoms with E-state index in [1.54, 1.807) is 24.0 Å². The van der Waals surface area contributed by atoms with E-state index in [1.807, 2.05) is 26.8 Å². The molecule has 7 heteroatoms. The number of halogens is 3. The molecule has 1 aromatic rings. The Bertz CT molecular complexity index is 626. The van der Waals surface area contributed by atoms with Gasteiger partial charge in [0.25, 0.3) is 0 Å². The summed E-state index contributed by atoms with van der Waals surface area (Å²) in [5.74, 6) is 0.0917. The number of aryl methyl sites for hydroxylation is 1. The number of ether oxygens (including phenoxy) is 2. The zero-order valence-electron chi connectivity index (χ0n) is 14.9. The average Bonchev–Trinajstić information content (AvgIpc) is 2.46. The molecule has 1 heterocycles. The van der Waals surface area contributed by atoms with Gasteiger partial charge in [-0.05, 0) is 64.2 Å². The summed E-state index contributed by atoms with van der Waals surface area (Å²) in [5.41, 5.74) is 0.781. The van der Waals surface area contributed by atoms with E-state index in [-0.39, 0.29) is 17.9 Å². The lowest BCUT2D eigenvalue weighted by Crippen LogP contribution is -2.41. The van der Waals surface area contributed by atoms with E-state index < -0.39 is 10.6 Å². The number of hydrogen-bond donors (Lipinski definition) is 0. The van der Waals surface area contributed by atoms with E-state index in [0.717, 1.165) is 24.8 Å². The van der Waals surface area contributed by atoms with Gasteiger partial charge in [0, 0.05) is 22.5 Å². The number of alkyl halides is 3. The average molecular weight is 420 g/mol. The van der Waals surface area contributed by atoms with Gasteiger partial charge in [-0.2, -0.15) is 8.78 Å². The molecule has 0 bridgehead atoms. The van der Waals surface area contributed by atoms with E-state index in [9.17, 15) is 13.6 Å². The smallest absolute Gasteiger partial charge is 0.444 e. The van der Waals surface area contributed by atoms with Crippen molar-refractivity contribution in [3.05, 3.63) is 29.3 Å². The van der Waals surface area contributed by atoms with E-state index in [0.29, 0.717) is 12.1 Å². The minimum absolute atomic E-state index is 0.0917. The third-order valence-corrected chi connectivity index (χ3v) is 4.12. The second-order valence-electron chi connectivity index (χ2n) is 7.26. The summed E-state index contributed by atoms with van der Waals surface area (Å²) in [6.07, 6.45) is 2.23. The summed E-state index contributed by atoms with van der Waals surface area (Å²) in [4.78, 5) is 14.2. The SMILES string of the molecule is Cc1ccc(C2CCCCN2C(=O)OC(C)(C)C)cc1OC(F)(F)Br. The molecule has 140 valence electrons. The highest BCUT2D eigenvalue weighted by Gasteiger charge is 2.33. The van der Waals surface area contributed by atoms with Gasteiger partial charge in [-0.15, -0.1) is 0 Å². The van der Waals surface area contributed by atoms with E-state index in [4.69, 9.17) is 4.74 Å². The van der Waals surface area contributed by atoms with Crippen molar-refractivity contribution in [1.82, 2.24) is 4.90 Å². The Morgan fingerprint density at radius 3 is 2.56 bits per heavy atom. The fraction of sp³-hybridized carbons (Fsp3) is 0.611. The zero-order chi connectivity index (χ0) is 18.8. The second-order valence-corrected chi connectivity index (χ2v) is 8.18. The summed E-state index contributed by atoms with van der Waals surface area (Å²) in [5, 5.41) is -3.44. The Balaban J connectivity index is 2.27. The monoisotopic (exact) mass is 419 g/mol. The third-order valence-electron chi connectivity index (χ3n) is 3.95. The number of carbonyl (C=O) groups excluding carboxylic acids is 1. The molecule has 0 spiro atoms. The Morgan fingerprint density at radius 2 is 1.96 bits per heavy atom. The molecule has 2 rings (SSSR count). The van der Waals surface area contributed by atoms with Crippen LogP contribution in [0.1, 0.15) is 57.2 Å². The summed E-state index contributed by atoms with van der Waals surface area (Å²) < 4.78 is 36.5. The molecule has 0 radical (unpaired) electrons. The Morgan fingerprint density at radius 1 is 1.28 bits per heavy atom. The Labute approximate surface area is 155 Å². The van der Waals surface area contributed by atoms with Gasteiger partial charge in [-0.3, -0.25) is 0 Å². The molecule has 0 saturated carbocycles. The number of benzene rings is 1. The number of carbonyl (C=O) groups is 1. The molecule has 25 heavy (non-hydrogen) atoms. The lowest BCUT2D eigenvalue weighted by molar-refractivity contribution is -0.0808. The summed E-state index contributed by atoms with van der Waals surface area (Å²) >= 11 is 2.20. The van der Waals surface area contributed by atoms with Gasteiger partial charge in [0.1, 0.15) is 11.4 Å². The molecule has 1 amide bonds. The summed E-state index contributed by atoms with van der Waals surface area (Å²) in [6, 6.07) is 4.95. The highest BCUT2D eigenvalue weighted by molar-refractivity contribution is 9.09. The third kappa shape index (κ3) is 5.83. The van der Waals surface area contributed by atoms with Crippen molar-refractivity contribution in [2.24, 2.45) is 0 Å². The van der Waals surface area contributed by atoms with Crippen LogP contribution in [0.3, 0.4) is 0 Å². The normalized spacial score (nSPS) is 18.8. The molecular weight excluding hydrogens is 396 g/mol. The van der Waals surface area contributed by atoms with Gasteiger partial charge in [0.2, 0.25) is 0 Å². The molecule has 1 aliphatic rings. The summed E-state index contributed by atoms with van der Waals surface area (Å²) in [6.45, 7) is 7.74. The molecule has 1 atom stereocenters. The van der Waals surface area contributed by atoms with Crippen LogP contribution < -0.4 is 4.74 Å². The molecule has 1 aromatic carbocycles. The number of hydrogen-bond acceptors (Lipinski definition) is 3. The van der Waals surface area contributed by atoms with Gasteiger partial charge >= 0.3 is 11.1 Å². The molecule has 1 fully saturated rings. The van der Waals surface area contributed by atoms with Crippen LogP contribution >= 0.6 is 15.9 Å². The van der Waals surface area contributed by atoms with Crippen molar-refractivity contribution in [2.45, 2.75) is 63.6 Å². The first-order valence-electron chi connectivity index (χ1n) is 8.32. The predicted molar refractivity (Wildman–Crippen MR) is 95.2 cm³/mol. The lowest BCUT2D eigenvalue weighted by Gasteiger charge is -2.37. The molecule has 1 unspecified atom stereocenters. The fourth-order valence-electron chi connectivity index (χ4n) is 2.88. The second kappa shape index (κ2) is 7.48. The zero-order valence-corrected chi connectivity index (χ0v) is 16.5. The molecule has 0 aliphatic carbocycles. The standard InChI is InChI=1S/C18H24BrF2NO3/c1-12-8-9-13(11-15(12)24-18(19,20)21)14-7-5-6-10-22(14)16(23)25-17(2,3)4/h8-9,11,14H,5-7,10H2,1-4H3. The molecule has 4 nitrogen and oxygen atoms in total. The quantitative estimate of drug-likeness (QED) is 0.582. The van der Waals surface area contributed by atoms with Gasteiger partial charge < -0.3 is 14.4 Å². The van der Waals surface area contributed by atoms with Crippen LogP contribution in [-0.2, 0) is 4.74 Å². The predicted octanol–water partition coefficient (Wildman–Crippen LogP) is 5.78. The van der Waals surface area contributed by atoms with Crippen molar-refractivity contribution in [2.75, 3.05) is 6.54 Å². The number of amides is 1. The molecule has 0 N–H and O–H groups in total. The van der Waals surface area contributed by atoms with Crippen molar-refractivity contribution in [1.29, 1.82) is 0 Å². The maximum Gasteiger partial charge on any atom is 0.459 e. The van der Waals surface area contributed by atoms with Crippen LogP contribution in [-0.4, -0.2) is 28.2 Å². The molecule has 1 aliphatic heterocycles. The topological polar surface area (TPSA) is 38.8 Å². The summed E-state index contributed by atoms with van der Waals surface area (Å²) in [7, 11) is 0. The first-order valence-corrected chi connectivity index (χ1v) is 9.11. The van der Waals surface area contributed by atoms with Crippen LogP contribution in [0, 0.1) is 6.92 Å². The van der Waals surface area contributed by atoms with Gasteiger partial charge in [0.05, 0.1) is 6.04 Å². The molecule has 0 aromatic heterocycles. The molecular formula is C18H24BrF2NO3. The minimum Gasteiger partial charge on any atom is -0.444 e. The van der Waals surface area contributed by atoms with Crippen LogP contribution in [0.5, 0.6) is 5.75 Å². The first-order chi connectivity index (χ1) is 11.5. The highest BCUT2D eigenvalue weighted by atomic mass is 79.9. The van der Waals surface area contributed by atoms with Crippen molar-refractivity contribution in [3.63, 3.8) is 0 Å². The number of piperidine rings is 1. The Kier molecular flexibility index (Phi) is 5.97. The van der Waals surface area contributed by atoms with Crippen molar-refractivity contribution >= 4 is 22.0 Å². The Hall–Kier alpha value is -1.37. The number of rotatable bonds is 3. The number of likely N-dealkylation sites (tertiary alicyclic amines) is 1. The van der Waals surface area contributed by atoms with E-state index in [2.05, 4.69) is 20.7 Å².